The predicted molar refractivity (Wildman–Crippen MR) is 85.7 cm³/mol. The van der Waals surface area contributed by atoms with Gasteiger partial charge in [-0.05, 0) is 50.1 Å². The Hall–Kier alpha value is -0.890. The minimum Gasteiger partial charge on any atom is -0.317 e. The summed E-state index contributed by atoms with van der Waals surface area (Å²) in [4.78, 5) is 0. The maximum Gasteiger partial charge on any atom is 0.123 e. The Morgan fingerprint density at radius 1 is 1.10 bits per heavy atom. The molecule has 1 atom stereocenters. The number of rotatable bonds is 10. The van der Waals surface area contributed by atoms with Crippen LogP contribution in [0.3, 0.4) is 0 Å². The zero-order valence-electron chi connectivity index (χ0n) is 13.3. The molecule has 1 N–H and O–H groups in total. The fourth-order valence-electron chi connectivity index (χ4n) is 2.64. The number of unbranched alkanes of at least 4 members (excludes halogenated alkanes) is 5. The SMILES string of the molecule is CCCCCCCCC(Cc1cc(F)ccc1C)NC. The molecule has 0 aromatic heterocycles. The minimum atomic E-state index is -0.125. The number of aryl methyl sites for hydroxylation is 1. The fraction of sp³-hybridized carbons (Fsp3) is 0.667. The molecule has 0 fully saturated rings. The van der Waals surface area contributed by atoms with Crippen LogP contribution in [0.2, 0.25) is 0 Å². The molecule has 1 unspecified atom stereocenters. The number of halogens is 1. The molecule has 20 heavy (non-hydrogen) atoms. The van der Waals surface area contributed by atoms with Crippen molar-refractivity contribution in [2.24, 2.45) is 0 Å². The summed E-state index contributed by atoms with van der Waals surface area (Å²) >= 11 is 0. The Labute approximate surface area is 124 Å². The second-order valence-corrected chi connectivity index (χ2v) is 5.82. The Balaban J connectivity index is 2.33. The average Bonchev–Trinajstić information content (AvgIpc) is 2.45. The molecular weight excluding hydrogens is 249 g/mol. The highest BCUT2D eigenvalue weighted by Crippen LogP contribution is 2.16. The van der Waals surface area contributed by atoms with Gasteiger partial charge in [-0.15, -0.1) is 0 Å². The van der Waals surface area contributed by atoms with E-state index in [2.05, 4.69) is 19.2 Å². The zero-order valence-corrected chi connectivity index (χ0v) is 13.3. The van der Waals surface area contributed by atoms with E-state index in [1.54, 1.807) is 12.1 Å². The molecule has 0 radical (unpaired) electrons. The van der Waals surface area contributed by atoms with Crippen molar-refractivity contribution in [2.75, 3.05) is 7.05 Å². The molecule has 0 aliphatic heterocycles. The van der Waals surface area contributed by atoms with Crippen molar-refractivity contribution in [3.63, 3.8) is 0 Å². The van der Waals surface area contributed by atoms with Gasteiger partial charge in [-0.25, -0.2) is 4.39 Å². The molecule has 0 saturated heterocycles. The molecule has 1 nitrogen and oxygen atoms in total. The number of benzene rings is 1. The van der Waals surface area contributed by atoms with Crippen LogP contribution in [-0.2, 0) is 6.42 Å². The van der Waals surface area contributed by atoms with Gasteiger partial charge in [-0.3, -0.25) is 0 Å². The summed E-state index contributed by atoms with van der Waals surface area (Å²) in [7, 11) is 2.01. The van der Waals surface area contributed by atoms with Crippen LogP contribution in [0.4, 0.5) is 4.39 Å². The van der Waals surface area contributed by atoms with E-state index in [-0.39, 0.29) is 5.82 Å². The molecule has 0 saturated carbocycles. The highest BCUT2D eigenvalue weighted by molar-refractivity contribution is 5.27. The van der Waals surface area contributed by atoms with Crippen LogP contribution in [-0.4, -0.2) is 13.1 Å². The average molecular weight is 279 g/mol. The molecule has 1 aromatic carbocycles. The van der Waals surface area contributed by atoms with E-state index in [1.165, 1.54) is 50.5 Å². The Kier molecular flexibility index (Phi) is 8.52. The van der Waals surface area contributed by atoms with Gasteiger partial charge in [0, 0.05) is 6.04 Å². The van der Waals surface area contributed by atoms with Crippen molar-refractivity contribution in [1.82, 2.24) is 5.32 Å². The largest absolute Gasteiger partial charge is 0.317 e. The molecule has 0 aliphatic rings. The van der Waals surface area contributed by atoms with Crippen LogP contribution in [0.25, 0.3) is 0 Å². The topological polar surface area (TPSA) is 12.0 Å². The molecule has 0 amide bonds. The molecule has 1 aromatic rings. The number of likely N-dealkylation sites (N-methyl/N-ethyl adjacent to an activating group) is 1. The first-order chi connectivity index (χ1) is 9.67. The summed E-state index contributed by atoms with van der Waals surface area (Å²) in [6, 6.07) is 5.56. The Bertz CT molecular complexity index is 376. The van der Waals surface area contributed by atoms with E-state index >= 15 is 0 Å². The smallest absolute Gasteiger partial charge is 0.123 e. The van der Waals surface area contributed by atoms with Crippen LogP contribution in [0, 0.1) is 12.7 Å². The lowest BCUT2D eigenvalue weighted by Crippen LogP contribution is -2.27. The molecule has 2 heteroatoms. The van der Waals surface area contributed by atoms with Crippen LogP contribution in [0.15, 0.2) is 18.2 Å². The fourth-order valence-corrected chi connectivity index (χ4v) is 2.64. The van der Waals surface area contributed by atoms with Crippen LogP contribution < -0.4 is 5.32 Å². The number of nitrogens with one attached hydrogen (secondary N) is 1. The van der Waals surface area contributed by atoms with E-state index in [0.29, 0.717) is 6.04 Å². The first-order valence-electron chi connectivity index (χ1n) is 8.09. The first-order valence-corrected chi connectivity index (χ1v) is 8.09. The highest BCUT2D eigenvalue weighted by atomic mass is 19.1. The number of hydrogen-bond donors (Lipinski definition) is 1. The third-order valence-electron chi connectivity index (χ3n) is 4.09. The van der Waals surface area contributed by atoms with Gasteiger partial charge in [0.25, 0.3) is 0 Å². The normalized spacial score (nSPS) is 12.6. The van der Waals surface area contributed by atoms with Gasteiger partial charge in [0.15, 0.2) is 0 Å². The molecule has 0 aliphatic carbocycles. The lowest BCUT2D eigenvalue weighted by atomic mass is 9.97. The third-order valence-corrected chi connectivity index (χ3v) is 4.09. The Morgan fingerprint density at radius 2 is 1.80 bits per heavy atom. The minimum absolute atomic E-state index is 0.125. The van der Waals surface area contributed by atoms with Crippen molar-refractivity contribution in [3.8, 4) is 0 Å². The van der Waals surface area contributed by atoms with Crippen molar-refractivity contribution >= 4 is 0 Å². The molecule has 0 bridgehead atoms. The van der Waals surface area contributed by atoms with Crippen LogP contribution >= 0.6 is 0 Å². The van der Waals surface area contributed by atoms with Gasteiger partial charge in [-0.1, -0.05) is 51.5 Å². The number of hydrogen-bond acceptors (Lipinski definition) is 1. The lowest BCUT2D eigenvalue weighted by Gasteiger charge is -2.17. The van der Waals surface area contributed by atoms with Crippen LogP contribution in [0.1, 0.15) is 63.0 Å². The summed E-state index contributed by atoms with van der Waals surface area (Å²) in [6.45, 7) is 4.31. The second-order valence-electron chi connectivity index (χ2n) is 5.82. The standard InChI is InChI=1S/C18H30FN/c1-4-5-6-7-8-9-10-18(20-3)14-16-13-17(19)12-11-15(16)2/h11-13,18,20H,4-10,14H2,1-3H3. The van der Waals surface area contributed by atoms with Crippen molar-refractivity contribution in [3.05, 3.63) is 35.1 Å². The van der Waals surface area contributed by atoms with E-state index in [0.717, 1.165) is 12.0 Å². The van der Waals surface area contributed by atoms with Crippen molar-refractivity contribution in [1.29, 1.82) is 0 Å². The van der Waals surface area contributed by atoms with E-state index in [9.17, 15) is 4.39 Å². The van der Waals surface area contributed by atoms with Gasteiger partial charge in [0.05, 0.1) is 0 Å². The van der Waals surface area contributed by atoms with E-state index in [1.807, 2.05) is 13.1 Å². The maximum atomic E-state index is 13.3. The van der Waals surface area contributed by atoms with Crippen molar-refractivity contribution in [2.45, 2.75) is 71.3 Å². The molecular formula is C18H30FN. The maximum absolute atomic E-state index is 13.3. The molecule has 0 heterocycles. The molecule has 0 spiro atoms. The summed E-state index contributed by atoms with van der Waals surface area (Å²) in [5.41, 5.74) is 2.32. The van der Waals surface area contributed by atoms with Gasteiger partial charge in [-0.2, -0.15) is 0 Å². The first kappa shape index (κ1) is 17.2. The molecule has 114 valence electrons. The summed E-state index contributed by atoms with van der Waals surface area (Å²) in [5, 5.41) is 3.38. The summed E-state index contributed by atoms with van der Waals surface area (Å²) < 4.78 is 13.3. The van der Waals surface area contributed by atoms with Crippen LogP contribution in [0.5, 0.6) is 0 Å². The van der Waals surface area contributed by atoms with Gasteiger partial charge >= 0.3 is 0 Å². The van der Waals surface area contributed by atoms with E-state index in [4.69, 9.17) is 0 Å². The van der Waals surface area contributed by atoms with Gasteiger partial charge in [0.2, 0.25) is 0 Å². The Morgan fingerprint density at radius 3 is 2.50 bits per heavy atom. The summed E-state index contributed by atoms with van der Waals surface area (Å²) in [6.07, 6.45) is 10.1. The van der Waals surface area contributed by atoms with E-state index < -0.39 is 0 Å². The lowest BCUT2D eigenvalue weighted by molar-refractivity contribution is 0.478. The summed E-state index contributed by atoms with van der Waals surface area (Å²) in [5.74, 6) is -0.125. The zero-order chi connectivity index (χ0) is 14.8. The second kappa shape index (κ2) is 9.93. The predicted octanol–water partition coefficient (Wildman–Crippen LogP) is 5.02. The van der Waals surface area contributed by atoms with Crippen molar-refractivity contribution < 1.29 is 4.39 Å². The molecule has 1 rings (SSSR count). The highest BCUT2D eigenvalue weighted by Gasteiger charge is 2.09. The monoisotopic (exact) mass is 279 g/mol. The third kappa shape index (κ3) is 6.51. The van der Waals surface area contributed by atoms with Gasteiger partial charge < -0.3 is 5.32 Å². The quantitative estimate of drug-likeness (QED) is 0.593. The van der Waals surface area contributed by atoms with Gasteiger partial charge in [0.1, 0.15) is 5.82 Å².